The van der Waals surface area contributed by atoms with Crippen molar-refractivity contribution in [2.24, 2.45) is 5.16 Å². The van der Waals surface area contributed by atoms with Gasteiger partial charge in [0.05, 0.1) is 0 Å². The maximum atomic E-state index is 12.8. The van der Waals surface area contributed by atoms with Crippen molar-refractivity contribution in [2.75, 3.05) is 11.5 Å². The van der Waals surface area contributed by atoms with Crippen LogP contribution in [0.1, 0.15) is 11.4 Å². The van der Waals surface area contributed by atoms with Crippen LogP contribution in [0.5, 0.6) is 0 Å². The summed E-state index contributed by atoms with van der Waals surface area (Å²) in [6.07, 6.45) is 5.11. The first-order chi connectivity index (χ1) is 15.9. The van der Waals surface area contributed by atoms with Crippen molar-refractivity contribution in [3.63, 3.8) is 0 Å². The fraction of sp³-hybridized carbons (Fsp3) is 0.167. The van der Waals surface area contributed by atoms with E-state index >= 15 is 0 Å². The fourth-order valence-electron chi connectivity index (χ4n) is 3.08. The van der Waals surface area contributed by atoms with Gasteiger partial charge in [-0.2, -0.15) is 9.36 Å². The van der Waals surface area contributed by atoms with Gasteiger partial charge in [-0.25, -0.2) is 4.79 Å². The summed E-state index contributed by atoms with van der Waals surface area (Å²) in [6, 6.07) is 2.64. The molecule has 2 aliphatic rings. The summed E-state index contributed by atoms with van der Waals surface area (Å²) < 4.78 is 3.81. The van der Waals surface area contributed by atoms with Crippen molar-refractivity contribution in [1.82, 2.24) is 24.6 Å². The molecule has 2 aromatic rings. The number of β-lactam (4-membered cyclic amide) rings is 1. The van der Waals surface area contributed by atoms with Crippen LogP contribution in [-0.4, -0.2) is 70.2 Å². The molecule has 4 rings (SSSR count). The topological polar surface area (TPSA) is 184 Å². The molecule has 2 atom stereocenters. The lowest BCUT2D eigenvalue weighted by molar-refractivity contribution is -0.150. The van der Waals surface area contributed by atoms with E-state index in [-0.39, 0.29) is 16.7 Å². The highest BCUT2D eigenvalue weighted by Crippen LogP contribution is 2.43. The Balaban J connectivity index is 1.48. The quantitative estimate of drug-likeness (QED) is 0.180. The molecule has 0 spiro atoms. The van der Waals surface area contributed by atoms with Gasteiger partial charge in [-0.1, -0.05) is 23.0 Å². The Morgan fingerprint density at radius 3 is 2.88 bits per heavy atom. The number of rotatable bonds is 7. The number of fused-ring (bicyclic) bond motifs is 1. The lowest BCUT2D eigenvalue weighted by Crippen LogP contribution is -2.71. The minimum absolute atomic E-state index is 0.0755. The van der Waals surface area contributed by atoms with Crippen molar-refractivity contribution < 1.29 is 24.7 Å². The number of pyridine rings is 1. The zero-order chi connectivity index (χ0) is 23.5. The van der Waals surface area contributed by atoms with Crippen molar-refractivity contribution >= 4 is 69.8 Å². The van der Waals surface area contributed by atoms with E-state index in [9.17, 15) is 24.7 Å². The number of carboxylic acid groups (broad SMARTS) is 1. The number of nitrogens with two attached hydrogens (primary N) is 1. The maximum absolute atomic E-state index is 12.8. The fourth-order valence-corrected chi connectivity index (χ4v) is 5.87. The van der Waals surface area contributed by atoms with E-state index in [2.05, 4.69) is 24.8 Å². The SMILES string of the molecule is Nc1nc(/C(=N\O)C(=O)NC2C(=O)N3C(C(=O)O)=C(S/C=C\c4cccnc4)CSC23)ns1. The van der Waals surface area contributed by atoms with E-state index in [0.717, 1.165) is 22.0 Å². The third kappa shape index (κ3) is 4.55. The monoisotopic (exact) mass is 505 g/mol. The number of aromatic nitrogens is 3. The van der Waals surface area contributed by atoms with Crippen molar-refractivity contribution in [3.05, 3.63) is 51.9 Å². The van der Waals surface area contributed by atoms with Crippen LogP contribution in [-0.2, 0) is 14.4 Å². The molecule has 15 heteroatoms. The van der Waals surface area contributed by atoms with Gasteiger partial charge >= 0.3 is 5.97 Å². The molecule has 0 radical (unpaired) electrons. The largest absolute Gasteiger partial charge is 0.477 e. The lowest BCUT2D eigenvalue weighted by atomic mass is 10.0. The second-order valence-electron chi connectivity index (χ2n) is 6.55. The average Bonchev–Trinajstić information content (AvgIpc) is 3.23. The van der Waals surface area contributed by atoms with Gasteiger partial charge in [-0.15, -0.1) is 11.8 Å². The van der Waals surface area contributed by atoms with Gasteiger partial charge in [0.15, 0.2) is 5.13 Å². The molecule has 2 aliphatic heterocycles. The number of oxime groups is 1. The maximum Gasteiger partial charge on any atom is 0.353 e. The third-order valence-electron chi connectivity index (χ3n) is 4.55. The zero-order valence-corrected chi connectivity index (χ0v) is 18.9. The molecule has 2 aromatic heterocycles. The van der Waals surface area contributed by atoms with Crippen LogP contribution in [0.4, 0.5) is 5.13 Å². The lowest BCUT2D eigenvalue weighted by Gasteiger charge is -2.49. The van der Waals surface area contributed by atoms with E-state index < -0.39 is 34.9 Å². The first kappa shape index (κ1) is 22.8. The smallest absolute Gasteiger partial charge is 0.353 e. The van der Waals surface area contributed by atoms with Gasteiger partial charge in [0.25, 0.3) is 11.8 Å². The van der Waals surface area contributed by atoms with Gasteiger partial charge < -0.3 is 21.4 Å². The molecule has 0 saturated carbocycles. The Kier molecular flexibility index (Phi) is 6.62. The summed E-state index contributed by atoms with van der Waals surface area (Å²) in [5, 5.41) is 25.5. The molecule has 0 bridgehead atoms. The molecule has 33 heavy (non-hydrogen) atoms. The number of nitrogens with one attached hydrogen (secondary N) is 1. The highest BCUT2D eigenvalue weighted by Gasteiger charge is 2.54. The number of aliphatic carboxylic acids is 1. The van der Waals surface area contributed by atoms with Crippen LogP contribution < -0.4 is 11.1 Å². The van der Waals surface area contributed by atoms with Crippen molar-refractivity contribution in [2.45, 2.75) is 11.4 Å². The summed E-state index contributed by atoms with van der Waals surface area (Å²) in [5.41, 5.74) is 5.71. The molecule has 0 aromatic carbocycles. The summed E-state index contributed by atoms with van der Waals surface area (Å²) in [5.74, 6) is -2.56. The Bertz CT molecular complexity index is 1200. The van der Waals surface area contributed by atoms with E-state index in [1.165, 1.54) is 23.5 Å². The van der Waals surface area contributed by atoms with Gasteiger partial charge in [0, 0.05) is 34.6 Å². The number of carbonyl (C=O) groups is 3. The van der Waals surface area contributed by atoms with Crippen LogP contribution in [0, 0.1) is 0 Å². The van der Waals surface area contributed by atoms with Crippen LogP contribution in [0.2, 0.25) is 0 Å². The van der Waals surface area contributed by atoms with Crippen molar-refractivity contribution in [1.29, 1.82) is 0 Å². The van der Waals surface area contributed by atoms with Crippen molar-refractivity contribution in [3.8, 4) is 0 Å². The molecule has 170 valence electrons. The second-order valence-corrected chi connectivity index (χ2v) is 9.44. The number of nitrogen functional groups attached to an aromatic ring is 1. The predicted octanol–water partition coefficient (Wildman–Crippen LogP) is 0.794. The Morgan fingerprint density at radius 1 is 1.42 bits per heavy atom. The average molecular weight is 506 g/mol. The Hall–Kier alpha value is -3.43. The van der Waals surface area contributed by atoms with E-state index in [1.54, 1.807) is 29.9 Å². The molecule has 2 unspecified atom stereocenters. The van der Waals surface area contributed by atoms with Gasteiger partial charge in [0.2, 0.25) is 11.5 Å². The molecule has 1 saturated heterocycles. The minimum atomic E-state index is -1.24. The number of carbonyl (C=O) groups excluding carboxylic acids is 2. The van der Waals surface area contributed by atoms with Crippen LogP contribution in [0.3, 0.4) is 0 Å². The number of carboxylic acids is 1. The zero-order valence-electron chi connectivity index (χ0n) is 16.5. The molecule has 12 nitrogen and oxygen atoms in total. The summed E-state index contributed by atoms with van der Waals surface area (Å²) >= 11 is 3.33. The van der Waals surface area contributed by atoms with Gasteiger partial charge in [0.1, 0.15) is 17.1 Å². The van der Waals surface area contributed by atoms with Gasteiger partial charge in [-0.3, -0.25) is 19.5 Å². The Labute approximate surface area is 198 Å². The number of nitrogens with zero attached hydrogens (tertiary/aromatic N) is 5. The van der Waals surface area contributed by atoms with E-state index in [1.807, 2.05) is 6.07 Å². The summed E-state index contributed by atoms with van der Waals surface area (Å²) in [4.78, 5) is 46.6. The minimum Gasteiger partial charge on any atom is -0.477 e. The highest BCUT2D eigenvalue weighted by molar-refractivity contribution is 8.08. The molecular formula is C18H15N7O5S3. The molecule has 5 N–H and O–H groups in total. The molecule has 4 heterocycles. The molecule has 0 aliphatic carbocycles. The van der Waals surface area contributed by atoms with Gasteiger partial charge in [-0.05, 0) is 23.1 Å². The van der Waals surface area contributed by atoms with E-state index in [4.69, 9.17) is 5.73 Å². The van der Waals surface area contributed by atoms with E-state index in [0.29, 0.717) is 10.7 Å². The second kappa shape index (κ2) is 9.60. The first-order valence-corrected chi connectivity index (χ1v) is 11.9. The highest BCUT2D eigenvalue weighted by atomic mass is 32.2. The first-order valence-electron chi connectivity index (χ1n) is 9.17. The molecular weight excluding hydrogens is 490 g/mol. The van der Waals surface area contributed by atoms with Crippen LogP contribution >= 0.6 is 35.1 Å². The summed E-state index contributed by atoms with van der Waals surface area (Å²) in [7, 11) is 0. The van der Waals surface area contributed by atoms with Crippen LogP contribution in [0.15, 0.2) is 45.7 Å². The number of hydrogen-bond acceptors (Lipinski definition) is 12. The molecule has 2 amide bonds. The number of hydrogen-bond donors (Lipinski definition) is 4. The summed E-state index contributed by atoms with van der Waals surface area (Å²) in [6.45, 7) is 0. The number of amides is 2. The molecule has 1 fully saturated rings. The third-order valence-corrected chi connectivity index (χ3v) is 7.45. The Morgan fingerprint density at radius 2 is 2.24 bits per heavy atom. The normalized spacial score (nSPS) is 20.5. The predicted molar refractivity (Wildman–Crippen MR) is 123 cm³/mol. The standard InChI is InChI=1S/C18H15N7O5S3/c19-18-22-13(24-33-18)10(23-30)14(26)21-11-15(27)25-12(17(28)29)9(7-32-16(11)25)31-5-3-8-2-1-4-20-6-8/h1-6,11,16,30H,7H2,(H,21,26)(H,28,29)(H2,19,22,24)/b5-3-,23-10+. The number of anilines is 1. The van der Waals surface area contributed by atoms with Crippen LogP contribution in [0.25, 0.3) is 6.08 Å². The number of thioether (sulfide) groups is 2.